The summed E-state index contributed by atoms with van der Waals surface area (Å²) in [4.78, 5) is 22.6. The van der Waals surface area contributed by atoms with E-state index in [1.54, 1.807) is 6.92 Å². The molecule has 1 aromatic rings. The van der Waals surface area contributed by atoms with Gasteiger partial charge in [-0.05, 0) is 24.6 Å². The maximum absolute atomic E-state index is 11.4. The van der Waals surface area contributed by atoms with Crippen molar-refractivity contribution in [3.8, 4) is 5.75 Å². The molecule has 0 bridgehead atoms. The van der Waals surface area contributed by atoms with E-state index in [1.165, 1.54) is 0 Å². The summed E-state index contributed by atoms with van der Waals surface area (Å²) in [5, 5.41) is 5.48. The molecule has 1 heterocycles. The summed E-state index contributed by atoms with van der Waals surface area (Å²) >= 11 is 0. The Morgan fingerprint density at radius 1 is 1.53 bits per heavy atom. The Labute approximate surface area is 99.2 Å². The largest absolute Gasteiger partial charge is 0.479 e. The third-order valence-corrected chi connectivity index (χ3v) is 2.45. The molecule has 0 saturated heterocycles. The van der Waals surface area contributed by atoms with Crippen LogP contribution in [0.3, 0.4) is 0 Å². The molecule has 5 nitrogen and oxygen atoms in total. The second-order valence-electron chi connectivity index (χ2n) is 3.93. The van der Waals surface area contributed by atoms with Gasteiger partial charge in [-0.25, -0.2) is 0 Å². The molecular formula is C12H14N2O3. The van der Waals surface area contributed by atoms with Crippen LogP contribution >= 0.6 is 0 Å². The molecule has 0 aromatic heterocycles. The lowest BCUT2D eigenvalue weighted by Crippen LogP contribution is -2.26. The van der Waals surface area contributed by atoms with Gasteiger partial charge in [0.25, 0.3) is 5.91 Å². The minimum atomic E-state index is -0.184. The fourth-order valence-corrected chi connectivity index (χ4v) is 1.68. The molecular weight excluding hydrogens is 220 g/mol. The van der Waals surface area contributed by atoms with E-state index in [4.69, 9.17) is 4.74 Å². The molecule has 0 unspecified atom stereocenters. The molecule has 0 spiro atoms. The van der Waals surface area contributed by atoms with E-state index in [9.17, 15) is 9.59 Å². The van der Waals surface area contributed by atoms with Crippen LogP contribution in [0.25, 0.3) is 0 Å². The maximum atomic E-state index is 11.4. The SMILES string of the molecule is CCC(=O)Nc1cc(C)cc2c1OCC(=O)N2. The molecule has 2 amide bonds. The van der Waals surface area contributed by atoms with Gasteiger partial charge in [0.05, 0.1) is 11.4 Å². The van der Waals surface area contributed by atoms with Crippen LogP contribution in [-0.2, 0) is 9.59 Å². The number of benzene rings is 1. The van der Waals surface area contributed by atoms with Gasteiger partial charge >= 0.3 is 0 Å². The van der Waals surface area contributed by atoms with Crippen LogP contribution in [0.4, 0.5) is 11.4 Å². The summed E-state index contributed by atoms with van der Waals surface area (Å²) in [5.41, 5.74) is 2.15. The normalized spacial score (nSPS) is 13.4. The fourth-order valence-electron chi connectivity index (χ4n) is 1.68. The summed E-state index contributed by atoms with van der Waals surface area (Å²) in [7, 11) is 0. The number of amides is 2. The van der Waals surface area contributed by atoms with Gasteiger partial charge in [-0.2, -0.15) is 0 Å². The first-order chi connectivity index (χ1) is 8.10. The maximum Gasteiger partial charge on any atom is 0.262 e. The number of aryl methyl sites for hydroxylation is 1. The third kappa shape index (κ3) is 2.38. The third-order valence-electron chi connectivity index (χ3n) is 2.45. The molecule has 5 heteroatoms. The number of hydrogen-bond donors (Lipinski definition) is 2. The lowest BCUT2D eigenvalue weighted by molar-refractivity contribution is -0.118. The quantitative estimate of drug-likeness (QED) is 0.818. The molecule has 0 atom stereocenters. The number of nitrogens with one attached hydrogen (secondary N) is 2. The highest BCUT2D eigenvalue weighted by atomic mass is 16.5. The molecule has 2 rings (SSSR count). The topological polar surface area (TPSA) is 67.4 Å². The minimum absolute atomic E-state index is 0.0228. The molecule has 1 aliphatic rings. The van der Waals surface area contributed by atoms with Gasteiger partial charge in [0.2, 0.25) is 5.91 Å². The molecule has 1 aliphatic heterocycles. The molecule has 0 fully saturated rings. The van der Waals surface area contributed by atoms with Crippen LogP contribution in [-0.4, -0.2) is 18.4 Å². The van der Waals surface area contributed by atoms with Crippen LogP contribution in [0.1, 0.15) is 18.9 Å². The first-order valence-corrected chi connectivity index (χ1v) is 5.47. The molecule has 0 aliphatic carbocycles. The zero-order valence-corrected chi connectivity index (χ0v) is 9.79. The van der Waals surface area contributed by atoms with E-state index in [0.717, 1.165) is 5.56 Å². The second kappa shape index (κ2) is 4.45. The van der Waals surface area contributed by atoms with Gasteiger partial charge < -0.3 is 15.4 Å². The number of carbonyl (C=O) groups is 2. The second-order valence-corrected chi connectivity index (χ2v) is 3.93. The number of rotatable bonds is 2. The van der Waals surface area contributed by atoms with Crippen LogP contribution < -0.4 is 15.4 Å². The van der Waals surface area contributed by atoms with Crippen molar-refractivity contribution >= 4 is 23.2 Å². The fraction of sp³-hybridized carbons (Fsp3) is 0.333. The molecule has 17 heavy (non-hydrogen) atoms. The van der Waals surface area contributed by atoms with Crippen molar-refractivity contribution in [2.75, 3.05) is 17.2 Å². The van der Waals surface area contributed by atoms with E-state index < -0.39 is 0 Å². The van der Waals surface area contributed by atoms with E-state index in [0.29, 0.717) is 23.5 Å². The van der Waals surface area contributed by atoms with Crippen molar-refractivity contribution in [1.82, 2.24) is 0 Å². The number of fused-ring (bicyclic) bond motifs is 1. The van der Waals surface area contributed by atoms with Gasteiger partial charge in [0.15, 0.2) is 12.4 Å². The van der Waals surface area contributed by atoms with Gasteiger partial charge in [-0.15, -0.1) is 0 Å². The van der Waals surface area contributed by atoms with E-state index in [2.05, 4.69) is 10.6 Å². The molecule has 0 saturated carbocycles. The van der Waals surface area contributed by atoms with Crippen LogP contribution in [0.5, 0.6) is 5.75 Å². The lowest BCUT2D eigenvalue weighted by atomic mass is 10.1. The van der Waals surface area contributed by atoms with Gasteiger partial charge in [-0.3, -0.25) is 9.59 Å². The lowest BCUT2D eigenvalue weighted by Gasteiger charge is -2.21. The predicted molar refractivity (Wildman–Crippen MR) is 64.2 cm³/mol. The number of anilines is 2. The van der Waals surface area contributed by atoms with E-state index in [-0.39, 0.29) is 18.4 Å². The Kier molecular flexibility index (Phi) is 2.99. The van der Waals surface area contributed by atoms with Crippen LogP contribution in [0.15, 0.2) is 12.1 Å². The van der Waals surface area contributed by atoms with Crippen molar-refractivity contribution in [2.24, 2.45) is 0 Å². The number of ether oxygens (including phenoxy) is 1. The Morgan fingerprint density at radius 3 is 3.00 bits per heavy atom. The first kappa shape index (κ1) is 11.4. The Hall–Kier alpha value is -2.04. The summed E-state index contributed by atoms with van der Waals surface area (Å²) in [6.07, 6.45) is 0.398. The van der Waals surface area contributed by atoms with Crippen LogP contribution in [0.2, 0.25) is 0 Å². The van der Waals surface area contributed by atoms with Gasteiger partial charge in [-0.1, -0.05) is 6.92 Å². The van der Waals surface area contributed by atoms with Crippen LogP contribution in [0, 0.1) is 6.92 Å². The minimum Gasteiger partial charge on any atom is -0.479 e. The predicted octanol–water partition coefficient (Wildman–Crippen LogP) is 1.67. The first-order valence-electron chi connectivity index (χ1n) is 5.47. The zero-order valence-electron chi connectivity index (χ0n) is 9.79. The monoisotopic (exact) mass is 234 g/mol. The Morgan fingerprint density at radius 2 is 2.29 bits per heavy atom. The van der Waals surface area contributed by atoms with Gasteiger partial charge in [0, 0.05) is 6.42 Å². The summed E-state index contributed by atoms with van der Waals surface area (Å²) in [6.45, 7) is 3.65. The highest BCUT2D eigenvalue weighted by Crippen LogP contribution is 2.36. The number of hydrogen-bond acceptors (Lipinski definition) is 3. The Bertz CT molecular complexity index is 483. The highest BCUT2D eigenvalue weighted by molar-refractivity contribution is 6.00. The smallest absolute Gasteiger partial charge is 0.262 e. The highest BCUT2D eigenvalue weighted by Gasteiger charge is 2.20. The van der Waals surface area contributed by atoms with E-state index in [1.807, 2.05) is 19.1 Å². The van der Waals surface area contributed by atoms with Crippen molar-refractivity contribution in [1.29, 1.82) is 0 Å². The summed E-state index contributed by atoms with van der Waals surface area (Å²) in [6, 6.07) is 3.64. The van der Waals surface area contributed by atoms with Gasteiger partial charge in [0.1, 0.15) is 0 Å². The van der Waals surface area contributed by atoms with Crippen molar-refractivity contribution < 1.29 is 14.3 Å². The zero-order chi connectivity index (χ0) is 12.4. The van der Waals surface area contributed by atoms with E-state index >= 15 is 0 Å². The number of carbonyl (C=O) groups excluding carboxylic acids is 2. The van der Waals surface area contributed by atoms with Crippen molar-refractivity contribution in [2.45, 2.75) is 20.3 Å². The molecule has 90 valence electrons. The molecule has 1 aromatic carbocycles. The summed E-state index contributed by atoms with van der Waals surface area (Å²) < 4.78 is 5.34. The molecule has 0 radical (unpaired) electrons. The molecule has 2 N–H and O–H groups in total. The standard InChI is InChI=1S/C12H14N2O3/c1-3-10(15)13-8-4-7(2)5-9-12(8)17-6-11(16)14-9/h4-5H,3,6H2,1-2H3,(H,13,15)(H,14,16). The van der Waals surface area contributed by atoms with Crippen molar-refractivity contribution in [3.63, 3.8) is 0 Å². The average molecular weight is 234 g/mol. The average Bonchev–Trinajstić information content (AvgIpc) is 2.27. The summed E-state index contributed by atoms with van der Waals surface area (Å²) in [5.74, 6) is 0.256. The van der Waals surface area contributed by atoms with Crippen molar-refractivity contribution in [3.05, 3.63) is 17.7 Å². The Balaban J connectivity index is 2.38.